The van der Waals surface area contributed by atoms with Gasteiger partial charge in [0.2, 0.25) is 5.91 Å². The van der Waals surface area contributed by atoms with Gasteiger partial charge in [-0.2, -0.15) is 5.10 Å². The minimum atomic E-state index is -0.000182. The lowest BCUT2D eigenvalue weighted by molar-refractivity contribution is -0.117. The molecule has 1 amide bonds. The quantitative estimate of drug-likeness (QED) is 0.766. The van der Waals surface area contributed by atoms with E-state index < -0.39 is 0 Å². The van der Waals surface area contributed by atoms with Gasteiger partial charge in [-0.15, -0.1) is 0 Å². The van der Waals surface area contributed by atoms with Crippen molar-refractivity contribution in [3.63, 3.8) is 0 Å². The second-order valence-corrected chi connectivity index (χ2v) is 4.55. The Morgan fingerprint density at radius 1 is 1.39 bits per heavy atom. The van der Waals surface area contributed by atoms with E-state index in [0.29, 0.717) is 17.4 Å². The third-order valence-electron chi connectivity index (χ3n) is 3.27. The number of anilines is 2. The molecule has 2 atom stereocenters. The maximum absolute atomic E-state index is 12.0. The third-order valence-corrected chi connectivity index (χ3v) is 3.27. The van der Waals surface area contributed by atoms with E-state index in [-0.39, 0.29) is 11.8 Å². The Balaban J connectivity index is 1.65. The number of rotatable bonds is 3. The summed E-state index contributed by atoms with van der Waals surface area (Å²) in [5.41, 5.74) is 7.32. The number of nitrogens with one attached hydrogen (secondary N) is 2. The fraction of sp³-hybridized carbons (Fsp3) is 0.231. The average Bonchev–Trinajstić information content (AvgIpc) is 3.10. The molecule has 4 N–H and O–H groups in total. The number of hydrogen-bond donors (Lipinski definition) is 3. The maximum Gasteiger partial charge on any atom is 0.229 e. The van der Waals surface area contributed by atoms with Crippen LogP contribution in [0, 0.1) is 5.92 Å². The molecule has 1 saturated carbocycles. The molecule has 2 unspecified atom stereocenters. The fourth-order valence-electron chi connectivity index (χ4n) is 2.16. The van der Waals surface area contributed by atoms with Gasteiger partial charge in [0.25, 0.3) is 0 Å². The summed E-state index contributed by atoms with van der Waals surface area (Å²) in [5, 5.41) is 9.20. The van der Waals surface area contributed by atoms with Crippen molar-refractivity contribution in [2.75, 3.05) is 11.1 Å². The highest BCUT2D eigenvalue weighted by atomic mass is 16.2. The van der Waals surface area contributed by atoms with Gasteiger partial charge in [0.15, 0.2) is 5.82 Å². The van der Waals surface area contributed by atoms with Crippen molar-refractivity contribution in [3.8, 4) is 0 Å². The van der Waals surface area contributed by atoms with E-state index in [1.165, 1.54) is 11.8 Å². The topological polar surface area (TPSA) is 83.8 Å². The number of aromatic nitrogens is 2. The van der Waals surface area contributed by atoms with Crippen LogP contribution in [0.5, 0.6) is 0 Å². The molecular weight excluding hydrogens is 228 g/mol. The smallest absolute Gasteiger partial charge is 0.229 e. The van der Waals surface area contributed by atoms with Crippen molar-refractivity contribution in [1.82, 2.24) is 10.2 Å². The summed E-state index contributed by atoms with van der Waals surface area (Å²) < 4.78 is 0. The van der Waals surface area contributed by atoms with E-state index in [1.807, 2.05) is 18.2 Å². The molecule has 1 aliphatic carbocycles. The number of H-pyrrole nitrogens is 1. The molecule has 3 rings (SSSR count). The first-order valence-electron chi connectivity index (χ1n) is 5.90. The van der Waals surface area contributed by atoms with E-state index in [9.17, 15) is 4.79 Å². The Kier molecular flexibility index (Phi) is 2.51. The van der Waals surface area contributed by atoms with Crippen molar-refractivity contribution in [2.45, 2.75) is 12.3 Å². The predicted octanol–water partition coefficient (Wildman–Crippen LogP) is 1.73. The molecule has 0 radical (unpaired) electrons. The number of benzene rings is 1. The maximum atomic E-state index is 12.0. The lowest BCUT2D eigenvalue weighted by Crippen LogP contribution is -2.15. The summed E-state index contributed by atoms with van der Waals surface area (Å²) in [5.74, 6) is 0.851. The first kappa shape index (κ1) is 10.8. The number of nitrogens with two attached hydrogens (primary N) is 1. The number of nitrogens with zero attached hydrogens (tertiary/aromatic N) is 1. The third kappa shape index (κ3) is 1.95. The van der Waals surface area contributed by atoms with Gasteiger partial charge in [0.05, 0.1) is 11.9 Å². The molecule has 1 aromatic heterocycles. The van der Waals surface area contributed by atoms with Gasteiger partial charge in [-0.05, 0) is 17.9 Å². The van der Waals surface area contributed by atoms with Crippen LogP contribution in [0.4, 0.5) is 11.5 Å². The van der Waals surface area contributed by atoms with Crippen LogP contribution in [-0.2, 0) is 4.79 Å². The summed E-state index contributed by atoms with van der Waals surface area (Å²) in [6.45, 7) is 0. The van der Waals surface area contributed by atoms with Gasteiger partial charge >= 0.3 is 0 Å². The molecule has 1 aliphatic rings. The van der Waals surface area contributed by atoms with E-state index >= 15 is 0 Å². The van der Waals surface area contributed by atoms with Crippen LogP contribution in [0.2, 0.25) is 0 Å². The molecule has 1 heterocycles. The van der Waals surface area contributed by atoms with Gasteiger partial charge in [-0.25, -0.2) is 0 Å². The highest BCUT2D eigenvalue weighted by molar-refractivity contribution is 5.96. The molecule has 0 saturated heterocycles. The Hall–Kier alpha value is -2.30. The van der Waals surface area contributed by atoms with Crippen LogP contribution < -0.4 is 11.1 Å². The zero-order valence-corrected chi connectivity index (χ0v) is 9.76. The number of carbonyl (C=O) groups excluding carboxylic acids is 1. The van der Waals surface area contributed by atoms with E-state index in [4.69, 9.17) is 5.73 Å². The van der Waals surface area contributed by atoms with Gasteiger partial charge in [-0.3, -0.25) is 9.89 Å². The molecule has 1 fully saturated rings. The zero-order valence-electron chi connectivity index (χ0n) is 9.76. The zero-order chi connectivity index (χ0) is 12.5. The first-order valence-corrected chi connectivity index (χ1v) is 5.90. The Morgan fingerprint density at radius 2 is 2.17 bits per heavy atom. The second kappa shape index (κ2) is 4.18. The number of nitrogen functional groups attached to an aromatic ring is 1. The van der Waals surface area contributed by atoms with Gasteiger partial charge in [-0.1, -0.05) is 30.3 Å². The van der Waals surface area contributed by atoms with Crippen LogP contribution in [0.15, 0.2) is 36.5 Å². The van der Waals surface area contributed by atoms with Gasteiger partial charge < -0.3 is 11.1 Å². The van der Waals surface area contributed by atoms with Crippen molar-refractivity contribution in [2.24, 2.45) is 5.92 Å². The van der Waals surface area contributed by atoms with Gasteiger partial charge in [0, 0.05) is 5.92 Å². The van der Waals surface area contributed by atoms with Gasteiger partial charge in [0.1, 0.15) is 0 Å². The second-order valence-electron chi connectivity index (χ2n) is 4.55. The highest BCUT2D eigenvalue weighted by Crippen LogP contribution is 2.47. The average molecular weight is 242 g/mol. The molecule has 0 spiro atoms. The standard InChI is InChI=1S/C13H14N4O/c14-11-7-15-17-12(11)16-13(18)10-6-9(10)8-4-2-1-3-5-8/h1-5,7,9-10H,6,14H2,(H2,15,16,17,18). The molecule has 1 aromatic carbocycles. The molecule has 92 valence electrons. The normalized spacial score (nSPS) is 21.6. The van der Waals surface area contributed by atoms with Crippen LogP contribution in [0.25, 0.3) is 0 Å². The lowest BCUT2D eigenvalue weighted by atomic mass is 10.1. The van der Waals surface area contributed by atoms with Crippen molar-refractivity contribution in [3.05, 3.63) is 42.1 Å². The Morgan fingerprint density at radius 3 is 2.83 bits per heavy atom. The van der Waals surface area contributed by atoms with Crippen molar-refractivity contribution >= 4 is 17.4 Å². The molecule has 0 aliphatic heterocycles. The fourth-order valence-corrected chi connectivity index (χ4v) is 2.16. The molecule has 5 heteroatoms. The molecular formula is C13H14N4O. The van der Waals surface area contributed by atoms with Crippen LogP contribution in [0.1, 0.15) is 17.9 Å². The van der Waals surface area contributed by atoms with Crippen LogP contribution in [-0.4, -0.2) is 16.1 Å². The summed E-state index contributed by atoms with van der Waals surface area (Å²) in [7, 11) is 0. The van der Waals surface area contributed by atoms with Crippen molar-refractivity contribution < 1.29 is 4.79 Å². The molecule has 2 aromatic rings. The number of hydrogen-bond acceptors (Lipinski definition) is 3. The van der Waals surface area contributed by atoms with Crippen LogP contribution >= 0.6 is 0 Å². The van der Waals surface area contributed by atoms with E-state index in [1.54, 1.807) is 0 Å². The summed E-state index contributed by atoms with van der Waals surface area (Å²) in [6, 6.07) is 10.1. The monoisotopic (exact) mass is 242 g/mol. The number of carbonyl (C=O) groups is 1. The molecule has 0 bridgehead atoms. The molecule has 5 nitrogen and oxygen atoms in total. The summed E-state index contributed by atoms with van der Waals surface area (Å²) in [6.07, 6.45) is 2.38. The highest BCUT2D eigenvalue weighted by Gasteiger charge is 2.44. The largest absolute Gasteiger partial charge is 0.394 e. The summed E-state index contributed by atoms with van der Waals surface area (Å²) >= 11 is 0. The lowest BCUT2D eigenvalue weighted by Gasteiger charge is -2.03. The number of amides is 1. The van der Waals surface area contributed by atoms with Crippen molar-refractivity contribution in [1.29, 1.82) is 0 Å². The predicted molar refractivity (Wildman–Crippen MR) is 68.9 cm³/mol. The Bertz CT molecular complexity index is 563. The molecule has 18 heavy (non-hydrogen) atoms. The SMILES string of the molecule is Nc1cn[nH]c1NC(=O)C1CC1c1ccccc1. The van der Waals surface area contributed by atoms with E-state index in [0.717, 1.165) is 6.42 Å². The first-order chi connectivity index (χ1) is 8.75. The Labute approximate surface area is 104 Å². The van der Waals surface area contributed by atoms with E-state index in [2.05, 4.69) is 27.6 Å². The minimum Gasteiger partial charge on any atom is -0.394 e. The minimum absolute atomic E-state index is 0.000182. The van der Waals surface area contributed by atoms with Crippen LogP contribution in [0.3, 0.4) is 0 Å². The number of aromatic amines is 1. The summed E-state index contributed by atoms with van der Waals surface area (Å²) in [4.78, 5) is 12.0.